The van der Waals surface area contributed by atoms with E-state index in [1.807, 2.05) is 24.3 Å². The highest BCUT2D eigenvalue weighted by molar-refractivity contribution is 9.10. The molecule has 2 heterocycles. The zero-order valence-electron chi connectivity index (χ0n) is 10.7. The second-order valence-corrected chi connectivity index (χ2v) is 5.41. The van der Waals surface area contributed by atoms with E-state index in [0.717, 1.165) is 21.1 Å². The first-order valence-corrected chi connectivity index (χ1v) is 7.12. The van der Waals surface area contributed by atoms with Crippen molar-refractivity contribution in [3.63, 3.8) is 0 Å². The van der Waals surface area contributed by atoms with Crippen LogP contribution in [0.3, 0.4) is 0 Å². The summed E-state index contributed by atoms with van der Waals surface area (Å²) in [5, 5.41) is 0. The molecule has 0 saturated carbocycles. The summed E-state index contributed by atoms with van der Waals surface area (Å²) in [6.07, 6.45) is 0. The molecule has 21 heavy (non-hydrogen) atoms. The highest BCUT2D eigenvalue weighted by Crippen LogP contribution is 2.36. The molecule has 3 nitrogen and oxygen atoms in total. The first-order valence-electron chi connectivity index (χ1n) is 6.33. The van der Waals surface area contributed by atoms with E-state index in [2.05, 4.69) is 25.9 Å². The molecule has 0 fully saturated rings. The number of fused-ring (bicyclic) bond motifs is 2. The summed E-state index contributed by atoms with van der Waals surface area (Å²) in [4.78, 5) is 9.03. The van der Waals surface area contributed by atoms with E-state index in [1.54, 1.807) is 12.1 Å². The summed E-state index contributed by atoms with van der Waals surface area (Å²) in [6, 6.07) is 13.7. The first-order chi connectivity index (χ1) is 10.2. The third-order valence-corrected chi connectivity index (χ3v) is 3.99. The lowest BCUT2D eigenvalue weighted by Crippen LogP contribution is -1.83. The Hall–Kier alpha value is -2.27. The minimum atomic E-state index is -0.284. The van der Waals surface area contributed by atoms with Gasteiger partial charge >= 0.3 is 0 Å². The molecule has 0 radical (unpaired) electrons. The van der Waals surface area contributed by atoms with Gasteiger partial charge < -0.3 is 4.42 Å². The number of halogens is 2. The predicted octanol–water partition coefficient (Wildman–Crippen LogP) is 4.94. The monoisotopic (exact) mass is 342 g/mol. The number of benzene rings is 2. The second-order valence-electron chi connectivity index (χ2n) is 4.62. The van der Waals surface area contributed by atoms with Crippen LogP contribution in [0.5, 0.6) is 0 Å². The molecule has 0 N–H and O–H groups in total. The third kappa shape index (κ3) is 2.01. The number of hydrogen-bond donors (Lipinski definition) is 0. The molecular formula is C16H8BrFN2O. The fourth-order valence-corrected chi connectivity index (χ4v) is 2.80. The van der Waals surface area contributed by atoms with Crippen LogP contribution < -0.4 is 0 Å². The van der Waals surface area contributed by atoms with E-state index in [0.29, 0.717) is 17.0 Å². The number of rotatable bonds is 1. The molecule has 2 aromatic carbocycles. The summed E-state index contributed by atoms with van der Waals surface area (Å²) in [5.74, 6) is 0.313. The van der Waals surface area contributed by atoms with Crippen LogP contribution >= 0.6 is 15.9 Å². The van der Waals surface area contributed by atoms with Crippen molar-refractivity contribution in [3.05, 3.63) is 58.8 Å². The third-order valence-electron chi connectivity index (χ3n) is 3.25. The lowest BCUT2D eigenvalue weighted by Gasteiger charge is -1.96. The zero-order chi connectivity index (χ0) is 14.4. The SMILES string of the molecule is Fc1ccc(-c2oc3nc4ccccc4nc3c2Br)cc1. The van der Waals surface area contributed by atoms with Crippen LogP contribution in [0.25, 0.3) is 33.6 Å². The molecule has 5 heteroatoms. The quantitative estimate of drug-likeness (QED) is 0.491. The number of aromatic nitrogens is 2. The maximum atomic E-state index is 13.0. The van der Waals surface area contributed by atoms with E-state index in [4.69, 9.17) is 4.42 Å². The maximum absolute atomic E-state index is 13.0. The topological polar surface area (TPSA) is 38.9 Å². The van der Waals surface area contributed by atoms with Crippen molar-refractivity contribution in [1.29, 1.82) is 0 Å². The summed E-state index contributed by atoms with van der Waals surface area (Å²) in [6.45, 7) is 0. The molecule has 0 atom stereocenters. The van der Waals surface area contributed by atoms with Crippen molar-refractivity contribution in [1.82, 2.24) is 9.97 Å². The number of hydrogen-bond acceptors (Lipinski definition) is 3. The summed E-state index contributed by atoms with van der Waals surface area (Å²) in [7, 11) is 0. The summed E-state index contributed by atoms with van der Waals surface area (Å²) < 4.78 is 19.5. The summed E-state index contributed by atoms with van der Waals surface area (Å²) >= 11 is 3.50. The largest absolute Gasteiger partial charge is 0.435 e. The Bertz CT molecular complexity index is 963. The smallest absolute Gasteiger partial charge is 0.247 e. The van der Waals surface area contributed by atoms with Gasteiger partial charge in [-0.15, -0.1) is 0 Å². The van der Waals surface area contributed by atoms with Crippen LogP contribution in [0.4, 0.5) is 4.39 Å². The molecule has 4 rings (SSSR count). The predicted molar refractivity (Wildman–Crippen MR) is 82.4 cm³/mol. The maximum Gasteiger partial charge on any atom is 0.247 e. The van der Waals surface area contributed by atoms with Gasteiger partial charge in [0.05, 0.1) is 15.5 Å². The molecule has 4 aromatic rings. The van der Waals surface area contributed by atoms with Gasteiger partial charge in [-0.25, -0.2) is 14.4 Å². The average molecular weight is 343 g/mol. The molecule has 0 spiro atoms. The van der Waals surface area contributed by atoms with E-state index < -0.39 is 0 Å². The van der Waals surface area contributed by atoms with Crippen LogP contribution in [-0.2, 0) is 0 Å². The Kier molecular flexibility index (Phi) is 2.75. The van der Waals surface area contributed by atoms with Crippen LogP contribution in [0.1, 0.15) is 0 Å². The van der Waals surface area contributed by atoms with Crippen molar-refractivity contribution in [2.75, 3.05) is 0 Å². The second kappa shape index (κ2) is 4.63. The van der Waals surface area contributed by atoms with Crippen molar-refractivity contribution in [3.8, 4) is 11.3 Å². The van der Waals surface area contributed by atoms with Crippen LogP contribution in [0.2, 0.25) is 0 Å². The van der Waals surface area contributed by atoms with Gasteiger partial charge in [0.15, 0.2) is 5.76 Å². The van der Waals surface area contributed by atoms with Gasteiger partial charge in [-0.05, 0) is 52.3 Å². The Morgan fingerprint density at radius 3 is 2.29 bits per heavy atom. The molecular weight excluding hydrogens is 335 g/mol. The first kappa shape index (κ1) is 12.5. The Balaban J connectivity index is 2.00. The molecule has 0 saturated heterocycles. The van der Waals surface area contributed by atoms with Gasteiger partial charge in [-0.2, -0.15) is 0 Å². The molecule has 0 aliphatic heterocycles. The molecule has 102 valence electrons. The molecule has 2 aromatic heterocycles. The van der Waals surface area contributed by atoms with E-state index in [9.17, 15) is 4.39 Å². The van der Waals surface area contributed by atoms with Crippen molar-refractivity contribution >= 4 is 38.2 Å². The highest BCUT2D eigenvalue weighted by Gasteiger charge is 2.17. The Morgan fingerprint density at radius 2 is 1.57 bits per heavy atom. The van der Waals surface area contributed by atoms with E-state index in [-0.39, 0.29) is 5.82 Å². The minimum Gasteiger partial charge on any atom is -0.435 e. The van der Waals surface area contributed by atoms with Gasteiger partial charge in [0.2, 0.25) is 5.71 Å². The zero-order valence-corrected chi connectivity index (χ0v) is 12.3. The average Bonchev–Trinajstić information content (AvgIpc) is 2.82. The number of furan rings is 1. The molecule has 0 bridgehead atoms. The van der Waals surface area contributed by atoms with Gasteiger partial charge in [-0.3, -0.25) is 0 Å². The van der Waals surface area contributed by atoms with Gasteiger partial charge in [-0.1, -0.05) is 12.1 Å². The number of nitrogens with zero attached hydrogens (tertiary/aromatic N) is 2. The fourth-order valence-electron chi connectivity index (χ4n) is 2.23. The fraction of sp³-hybridized carbons (Fsp3) is 0. The lowest BCUT2D eigenvalue weighted by molar-refractivity contribution is 0.615. The summed E-state index contributed by atoms with van der Waals surface area (Å²) in [5.41, 5.74) is 3.47. The molecule has 0 aliphatic rings. The van der Waals surface area contributed by atoms with Gasteiger partial charge in [0.1, 0.15) is 11.3 Å². The minimum absolute atomic E-state index is 0.284. The highest BCUT2D eigenvalue weighted by atomic mass is 79.9. The van der Waals surface area contributed by atoms with Crippen molar-refractivity contribution in [2.45, 2.75) is 0 Å². The van der Waals surface area contributed by atoms with Crippen LogP contribution in [-0.4, -0.2) is 9.97 Å². The number of para-hydroxylation sites is 2. The van der Waals surface area contributed by atoms with Crippen LogP contribution in [0, 0.1) is 5.82 Å². The Labute approximate surface area is 127 Å². The van der Waals surface area contributed by atoms with Crippen molar-refractivity contribution in [2.24, 2.45) is 0 Å². The molecule has 0 aliphatic carbocycles. The normalized spacial score (nSPS) is 11.3. The Morgan fingerprint density at radius 1 is 0.905 bits per heavy atom. The van der Waals surface area contributed by atoms with Crippen LogP contribution in [0.15, 0.2) is 57.4 Å². The standard InChI is InChI=1S/C16H8BrFN2O/c17-13-14-16(20-12-4-2-1-3-11(12)19-14)21-15(13)9-5-7-10(18)8-6-9/h1-8H. The van der Waals surface area contributed by atoms with Crippen molar-refractivity contribution < 1.29 is 8.81 Å². The lowest BCUT2D eigenvalue weighted by atomic mass is 10.2. The molecule has 0 unspecified atom stereocenters. The van der Waals surface area contributed by atoms with Gasteiger partial charge in [0.25, 0.3) is 0 Å². The van der Waals surface area contributed by atoms with E-state index >= 15 is 0 Å². The van der Waals surface area contributed by atoms with Gasteiger partial charge in [0, 0.05) is 5.56 Å². The van der Waals surface area contributed by atoms with E-state index in [1.165, 1.54) is 12.1 Å². The molecule has 0 amide bonds.